The maximum atomic E-state index is 12.4. The predicted octanol–water partition coefficient (Wildman–Crippen LogP) is 2.83. The van der Waals surface area contributed by atoms with Crippen molar-refractivity contribution in [3.8, 4) is 0 Å². The molecule has 1 aromatic rings. The molecule has 1 aliphatic rings. The number of rotatable bonds is 5. The van der Waals surface area contributed by atoms with E-state index in [0.29, 0.717) is 10.6 Å². The Labute approximate surface area is 151 Å². The molecular weight excluding hydrogens is 344 g/mol. The van der Waals surface area contributed by atoms with Crippen LogP contribution in [0, 0.1) is 0 Å². The van der Waals surface area contributed by atoms with Crippen LogP contribution in [-0.4, -0.2) is 50.2 Å². The summed E-state index contributed by atoms with van der Waals surface area (Å²) in [7, 11) is 2.73. The highest BCUT2D eigenvalue weighted by atomic mass is 32.1. The average Bonchev–Trinajstić information content (AvgIpc) is 2.75. The molecule has 0 fully saturated rings. The monoisotopic (exact) mass is 368 g/mol. The first-order valence-electron chi connectivity index (χ1n) is 8.38. The minimum atomic E-state index is -0.595. The van der Waals surface area contributed by atoms with Gasteiger partial charge in [0.2, 0.25) is 5.91 Å². The average molecular weight is 368 g/mol. The van der Waals surface area contributed by atoms with Crippen molar-refractivity contribution in [1.82, 2.24) is 4.90 Å². The minimum absolute atomic E-state index is 0.155. The molecular formula is C17H24N2O5S. The number of carbonyl (C=O) groups is 3. The van der Waals surface area contributed by atoms with E-state index in [1.807, 2.05) is 0 Å². The summed E-state index contributed by atoms with van der Waals surface area (Å²) in [6.45, 7) is 1.88. The van der Waals surface area contributed by atoms with Crippen molar-refractivity contribution < 1.29 is 23.9 Å². The third kappa shape index (κ3) is 4.72. The Morgan fingerprint density at radius 2 is 1.92 bits per heavy atom. The van der Waals surface area contributed by atoms with Gasteiger partial charge in [-0.2, -0.15) is 0 Å². The van der Waals surface area contributed by atoms with E-state index in [-0.39, 0.29) is 19.1 Å². The lowest BCUT2D eigenvalue weighted by Gasteiger charge is -2.15. The van der Waals surface area contributed by atoms with Gasteiger partial charge in [-0.1, -0.05) is 6.42 Å². The first-order chi connectivity index (χ1) is 12.0. The van der Waals surface area contributed by atoms with E-state index in [0.717, 1.165) is 47.4 Å². The molecule has 0 aliphatic heterocycles. The molecule has 0 spiro atoms. The van der Waals surface area contributed by atoms with Crippen LogP contribution < -0.4 is 5.32 Å². The van der Waals surface area contributed by atoms with Crippen molar-refractivity contribution in [2.45, 2.75) is 39.0 Å². The van der Waals surface area contributed by atoms with Crippen LogP contribution >= 0.6 is 11.3 Å². The number of carbonyl (C=O) groups excluding carboxylic acids is 3. The van der Waals surface area contributed by atoms with E-state index >= 15 is 0 Å². The van der Waals surface area contributed by atoms with Gasteiger partial charge in [0.15, 0.2) is 0 Å². The Kier molecular flexibility index (Phi) is 6.81. The van der Waals surface area contributed by atoms with Gasteiger partial charge in [0, 0.05) is 11.9 Å². The topological polar surface area (TPSA) is 84.9 Å². The van der Waals surface area contributed by atoms with Gasteiger partial charge in [-0.15, -0.1) is 11.3 Å². The van der Waals surface area contributed by atoms with Crippen molar-refractivity contribution in [3.05, 3.63) is 16.0 Å². The molecule has 1 aromatic heterocycles. The fourth-order valence-corrected chi connectivity index (χ4v) is 4.15. The number of nitrogens with zero attached hydrogens (tertiary/aromatic N) is 1. The molecule has 1 heterocycles. The fourth-order valence-electron chi connectivity index (χ4n) is 2.85. The van der Waals surface area contributed by atoms with E-state index in [1.165, 1.54) is 25.5 Å². The Bertz CT molecular complexity index is 656. The fraction of sp³-hybridized carbons (Fsp3) is 0.588. The van der Waals surface area contributed by atoms with Crippen LogP contribution in [0.25, 0.3) is 0 Å². The normalized spacial score (nSPS) is 13.4. The minimum Gasteiger partial charge on any atom is -0.462 e. The lowest BCUT2D eigenvalue weighted by molar-refractivity contribution is -0.116. The summed E-state index contributed by atoms with van der Waals surface area (Å²) in [5.41, 5.74) is 1.47. The second kappa shape index (κ2) is 8.84. The van der Waals surface area contributed by atoms with Crippen molar-refractivity contribution in [3.63, 3.8) is 0 Å². The third-order valence-electron chi connectivity index (χ3n) is 4.02. The Morgan fingerprint density at radius 1 is 1.20 bits per heavy atom. The van der Waals surface area contributed by atoms with Crippen LogP contribution in [0.4, 0.5) is 9.80 Å². The largest absolute Gasteiger partial charge is 0.462 e. The van der Waals surface area contributed by atoms with Crippen LogP contribution in [0.15, 0.2) is 0 Å². The summed E-state index contributed by atoms with van der Waals surface area (Å²) in [5.74, 6) is -0.784. The van der Waals surface area contributed by atoms with Gasteiger partial charge >= 0.3 is 12.1 Å². The number of nitrogens with one attached hydrogen (secondary N) is 1. The molecule has 0 saturated carbocycles. The highest BCUT2D eigenvalue weighted by Crippen LogP contribution is 2.38. The number of anilines is 1. The highest BCUT2D eigenvalue weighted by Gasteiger charge is 2.27. The first-order valence-corrected chi connectivity index (χ1v) is 9.20. The van der Waals surface area contributed by atoms with Crippen LogP contribution in [0.1, 0.15) is 47.0 Å². The lowest BCUT2D eigenvalue weighted by atomic mass is 10.1. The molecule has 0 unspecified atom stereocenters. The molecule has 0 bridgehead atoms. The number of hydrogen-bond acceptors (Lipinski definition) is 6. The summed E-state index contributed by atoms with van der Waals surface area (Å²) >= 11 is 1.43. The van der Waals surface area contributed by atoms with Gasteiger partial charge < -0.3 is 19.7 Å². The maximum absolute atomic E-state index is 12.4. The van der Waals surface area contributed by atoms with Crippen molar-refractivity contribution in [1.29, 1.82) is 0 Å². The number of thiophene rings is 1. The predicted molar refractivity (Wildman–Crippen MR) is 95.2 cm³/mol. The molecule has 2 amide bonds. The molecule has 1 N–H and O–H groups in total. The lowest BCUT2D eigenvalue weighted by Crippen LogP contribution is -2.34. The van der Waals surface area contributed by atoms with Gasteiger partial charge in [0.1, 0.15) is 11.5 Å². The van der Waals surface area contributed by atoms with E-state index in [9.17, 15) is 14.4 Å². The Hall–Kier alpha value is -2.09. The Morgan fingerprint density at radius 3 is 2.60 bits per heavy atom. The van der Waals surface area contributed by atoms with Crippen molar-refractivity contribution in [2.24, 2.45) is 0 Å². The quantitative estimate of drug-likeness (QED) is 0.638. The molecule has 25 heavy (non-hydrogen) atoms. The van der Waals surface area contributed by atoms with E-state index in [2.05, 4.69) is 10.1 Å². The van der Waals surface area contributed by atoms with Gasteiger partial charge in [-0.25, -0.2) is 9.59 Å². The molecule has 0 saturated heterocycles. The zero-order valence-corrected chi connectivity index (χ0v) is 15.7. The van der Waals surface area contributed by atoms with Gasteiger partial charge in [-0.05, 0) is 38.2 Å². The molecule has 2 rings (SSSR count). The third-order valence-corrected chi connectivity index (χ3v) is 5.23. The van der Waals surface area contributed by atoms with E-state index < -0.39 is 12.1 Å². The molecule has 7 nitrogen and oxygen atoms in total. The summed E-state index contributed by atoms with van der Waals surface area (Å²) in [6.07, 6.45) is 4.36. The number of amides is 2. The summed E-state index contributed by atoms with van der Waals surface area (Å²) in [5, 5.41) is 3.27. The number of aryl methyl sites for hydroxylation is 1. The standard InChI is InChI=1S/C17H24N2O5S/c1-4-24-16(21)14-11-8-6-5-7-9-12(11)25-15(14)18-13(20)10-19(2)17(22)23-3/h4-10H2,1-3H3,(H,18,20). The summed E-state index contributed by atoms with van der Waals surface area (Å²) < 4.78 is 9.76. The first kappa shape index (κ1) is 19.2. The SMILES string of the molecule is CCOC(=O)c1c(NC(=O)CN(C)C(=O)OC)sc2c1CCCCC2. The number of ether oxygens (including phenoxy) is 2. The number of hydrogen-bond donors (Lipinski definition) is 1. The second-order valence-corrected chi connectivity index (χ2v) is 6.97. The maximum Gasteiger partial charge on any atom is 0.409 e. The van der Waals surface area contributed by atoms with Gasteiger partial charge in [0.05, 0.1) is 19.3 Å². The number of methoxy groups -OCH3 is 1. The van der Waals surface area contributed by atoms with Gasteiger partial charge in [0.25, 0.3) is 0 Å². The molecule has 0 atom stereocenters. The molecule has 0 radical (unpaired) electrons. The van der Waals surface area contributed by atoms with Crippen molar-refractivity contribution >= 4 is 34.3 Å². The van der Waals surface area contributed by atoms with Gasteiger partial charge in [-0.3, -0.25) is 4.79 Å². The highest BCUT2D eigenvalue weighted by molar-refractivity contribution is 7.17. The van der Waals surface area contributed by atoms with Crippen LogP contribution in [-0.2, 0) is 27.1 Å². The summed E-state index contributed by atoms with van der Waals surface area (Å²) in [4.78, 5) is 38.4. The molecule has 0 aromatic carbocycles. The van der Waals surface area contributed by atoms with E-state index in [1.54, 1.807) is 6.92 Å². The number of likely N-dealkylation sites (N-methyl/N-ethyl adjacent to an activating group) is 1. The van der Waals surface area contributed by atoms with Crippen molar-refractivity contribution in [2.75, 3.05) is 32.6 Å². The number of fused-ring (bicyclic) bond motifs is 1. The molecule has 138 valence electrons. The Balaban J connectivity index is 2.23. The van der Waals surface area contributed by atoms with Crippen LogP contribution in [0.2, 0.25) is 0 Å². The number of esters is 1. The van der Waals surface area contributed by atoms with Crippen LogP contribution in [0.5, 0.6) is 0 Å². The molecule has 1 aliphatic carbocycles. The van der Waals surface area contributed by atoms with E-state index in [4.69, 9.17) is 4.74 Å². The van der Waals surface area contributed by atoms with Crippen LogP contribution in [0.3, 0.4) is 0 Å². The molecule has 8 heteroatoms. The zero-order valence-electron chi connectivity index (χ0n) is 14.8. The zero-order chi connectivity index (χ0) is 18.4. The second-order valence-electron chi connectivity index (χ2n) is 5.86. The summed E-state index contributed by atoms with van der Waals surface area (Å²) in [6, 6.07) is 0. The smallest absolute Gasteiger partial charge is 0.409 e.